The zero-order valence-corrected chi connectivity index (χ0v) is 10.9. The summed E-state index contributed by atoms with van der Waals surface area (Å²) in [5, 5.41) is 11.2. The molecule has 0 aromatic carbocycles. The van der Waals surface area contributed by atoms with Gasteiger partial charge in [-0.05, 0) is 31.7 Å². The summed E-state index contributed by atoms with van der Waals surface area (Å²) < 4.78 is 0. The number of rotatable bonds is 8. The molecule has 0 fully saturated rings. The molecule has 0 spiro atoms. The van der Waals surface area contributed by atoms with E-state index in [0.717, 1.165) is 6.42 Å². The highest BCUT2D eigenvalue weighted by Gasteiger charge is 2.16. The summed E-state index contributed by atoms with van der Waals surface area (Å²) >= 11 is 0. The van der Waals surface area contributed by atoms with Gasteiger partial charge in [0.25, 0.3) is 0 Å². The van der Waals surface area contributed by atoms with Gasteiger partial charge in [0.15, 0.2) is 0 Å². The predicted octanol–water partition coefficient (Wildman–Crippen LogP) is 0.977. The molecule has 0 rings (SSSR count). The molecule has 5 nitrogen and oxygen atoms in total. The van der Waals surface area contributed by atoms with Crippen LogP contribution in [0.5, 0.6) is 0 Å². The van der Waals surface area contributed by atoms with Crippen LogP contribution in [0.2, 0.25) is 0 Å². The zero-order valence-electron chi connectivity index (χ0n) is 10.9. The maximum Gasteiger partial charge on any atom is 0.305 e. The monoisotopic (exact) mass is 244 g/mol. The number of amides is 1. The van der Waals surface area contributed by atoms with E-state index in [1.54, 1.807) is 6.92 Å². The number of carboxylic acid groups (broad SMARTS) is 1. The molecule has 0 aliphatic carbocycles. The summed E-state index contributed by atoms with van der Waals surface area (Å²) in [5.41, 5.74) is 5.61. The molecule has 100 valence electrons. The van der Waals surface area contributed by atoms with E-state index >= 15 is 0 Å². The normalized spacial score (nSPS) is 14.4. The summed E-state index contributed by atoms with van der Waals surface area (Å²) in [5.74, 6) is -0.343. The fraction of sp³-hybridized carbons (Fsp3) is 0.833. The van der Waals surface area contributed by atoms with Crippen molar-refractivity contribution in [3.8, 4) is 0 Å². The predicted molar refractivity (Wildman–Crippen MR) is 66.5 cm³/mol. The Balaban J connectivity index is 4.01. The summed E-state index contributed by atoms with van der Waals surface area (Å²) in [6.07, 6.45) is 1.24. The fourth-order valence-electron chi connectivity index (χ4n) is 1.84. The highest BCUT2D eigenvalue weighted by Crippen LogP contribution is 2.14. The van der Waals surface area contributed by atoms with Crippen molar-refractivity contribution in [2.75, 3.05) is 6.54 Å². The van der Waals surface area contributed by atoms with Crippen LogP contribution >= 0.6 is 0 Å². The third-order valence-corrected chi connectivity index (χ3v) is 2.50. The largest absolute Gasteiger partial charge is 0.481 e. The molecule has 0 bridgehead atoms. The van der Waals surface area contributed by atoms with Gasteiger partial charge in [-0.1, -0.05) is 13.8 Å². The van der Waals surface area contributed by atoms with Gasteiger partial charge < -0.3 is 16.2 Å². The van der Waals surface area contributed by atoms with Crippen molar-refractivity contribution in [1.82, 2.24) is 5.32 Å². The second kappa shape index (κ2) is 8.06. The third-order valence-electron chi connectivity index (χ3n) is 2.50. The summed E-state index contributed by atoms with van der Waals surface area (Å²) in [4.78, 5) is 22.1. The van der Waals surface area contributed by atoms with Crippen molar-refractivity contribution in [3.05, 3.63) is 0 Å². The lowest BCUT2D eigenvalue weighted by molar-refractivity contribution is -0.137. The molecule has 0 saturated carbocycles. The molecule has 0 aromatic rings. The van der Waals surface area contributed by atoms with E-state index < -0.39 is 5.97 Å². The first kappa shape index (κ1) is 15.9. The van der Waals surface area contributed by atoms with Crippen LogP contribution in [0.15, 0.2) is 0 Å². The molecule has 4 N–H and O–H groups in total. The van der Waals surface area contributed by atoms with Crippen molar-refractivity contribution in [1.29, 1.82) is 0 Å². The average molecular weight is 244 g/mol. The number of nitrogens with two attached hydrogens (primary N) is 1. The molecule has 0 saturated heterocycles. The first-order chi connectivity index (χ1) is 7.85. The van der Waals surface area contributed by atoms with Crippen LogP contribution in [0.4, 0.5) is 0 Å². The first-order valence-electron chi connectivity index (χ1n) is 6.06. The van der Waals surface area contributed by atoms with E-state index in [-0.39, 0.29) is 24.3 Å². The number of hydrogen-bond acceptors (Lipinski definition) is 3. The van der Waals surface area contributed by atoms with Crippen LogP contribution in [0.25, 0.3) is 0 Å². The van der Waals surface area contributed by atoms with Gasteiger partial charge >= 0.3 is 5.97 Å². The summed E-state index contributed by atoms with van der Waals surface area (Å²) in [6.45, 7) is 6.35. The topological polar surface area (TPSA) is 92.4 Å². The Kier molecular flexibility index (Phi) is 7.54. The van der Waals surface area contributed by atoms with Crippen LogP contribution < -0.4 is 11.1 Å². The minimum absolute atomic E-state index is 0.0524. The quantitative estimate of drug-likeness (QED) is 0.593. The summed E-state index contributed by atoms with van der Waals surface area (Å²) in [7, 11) is 0. The Morgan fingerprint density at radius 3 is 2.24 bits per heavy atom. The molecule has 1 amide bonds. The van der Waals surface area contributed by atoms with E-state index in [1.165, 1.54) is 0 Å². The highest BCUT2D eigenvalue weighted by atomic mass is 16.4. The minimum atomic E-state index is -0.907. The van der Waals surface area contributed by atoms with Gasteiger partial charge in [0, 0.05) is 12.5 Å². The van der Waals surface area contributed by atoms with Crippen molar-refractivity contribution in [3.63, 3.8) is 0 Å². The maximum absolute atomic E-state index is 11.6. The van der Waals surface area contributed by atoms with E-state index in [0.29, 0.717) is 18.9 Å². The van der Waals surface area contributed by atoms with Gasteiger partial charge in [-0.3, -0.25) is 9.59 Å². The van der Waals surface area contributed by atoms with Crippen molar-refractivity contribution < 1.29 is 14.7 Å². The number of carboxylic acids is 1. The SMILES string of the molecule is CC(C)CC(CN)CC(=O)NC(C)CC(=O)O. The third kappa shape index (κ3) is 8.68. The Hall–Kier alpha value is -1.10. The molecular weight excluding hydrogens is 220 g/mol. The van der Waals surface area contributed by atoms with Crippen LogP contribution in [-0.4, -0.2) is 29.6 Å². The van der Waals surface area contributed by atoms with Crippen LogP contribution in [0.1, 0.15) is 40.0 Å². The van der Waals surface area contributed by atoms with Gasteiger partial charge in [0.05, 0.1) is 6.42 Å². The number of carbonyl (C=O) groups excluding carboxylic acids is 1. The van der Waals surface area contributed by atoms with E-state index in [4.69, 9.17) is 10.8 Å². The molecule has 5 heteroatoms. The molecule has 0 heterocycles. The van der Waals surface area contributed by atoms with Crippen molar-refractivity contribution in [2.24, 2.45) is 17.6 Å². The second-order valence-corrected chi connectivity index (χ2v) is 5.00. The average Bonchev–Trinajstić information content (AvgIpc) is 2.13. The number of hydrogen-bond donors (Lipinski definition) is 3. The van der Waals surface area contributed by atoms with E-state index in [2.05, 4.69) is 19.2 Å². The Morgan fingerprint density at radius 1 is 1.24 bits per heavy atom. The smallest absolute Gasteiger partial charge is 0.305 e. The molecule has 0 radical (unpaired) electrons. The Labute approximate surface area is 103 Å². The number of carbonyl (C=O) groups is 2. The molecule has 0 aliphatic heterocycles. The van der Waals surface area contributed by atoms with Gasteiger partial charge in [0.1, 0.15) is 0 Å². The molecule has 2 atom stereocenters. The fourth-order valence-corrected chi connectivity index (χ4v) is 1.84. The van der Waals surface area contributed by atoms with Crippen LogP contribution in [0.3, 0.4) is 0 Å². The lowest BCUT2D eigenvalue weighted by Gasteiger charge is -2.18. The van der Waals surface area contributed by atoms with E-state index in [1.807, 2.05) is 0 Å². The molecular formula is C12H24N2O3. The van der Waals surface area contributed by atoms with Crippen molar-refractivity contribution in [2.45, 2.75) is 46.1 Å². The van der Waals surface area contributed by atoms with Crippen LogP contribution in [-0.2, 0) is 9.59 Å². The standard InChI is InChI=1S/C12H24N2O3/c1-8(2)4-10(7-13)6-11(15)14-9(3)5-12(16)17/h8-10H,4-7,13H2,1-3H3,(H,14,15)(H,16,17). The number of aliphatic carboxylic acids is 1. The second-order valence-electron chi connectivity index (χ2n) is 5.00. The van der Waals surface area contributed by atoms with E-state index in [9.17, 15) is 9.59 Å². The van der Waals surface area contributed by atoms with Gasteiger partial charge in [-0.15, -0.1) is 0 Å². The Morgan fingerprint density at radius 2 is 1.82 bits per heavy atom. The van der Waals surface area contributed by atoms with Gasteiger partial charge in [-0.25, -0.2) is 0 Å². The lowest BCUT2D eigenvalue weighted by Crippen LogP contribution is -2.36. The molecule has 0 aromatic heterocycles. The Bertz CT molecular complexity index is 254. The van der Waals surface area contributed by atoms with Crippen molar-refractivity contribution >= 4 is 11.9 Å². The maximum atomic E-state index is 11.6. The van der Waals surface area contributed by atoms with Gasteiger partial charge in [-0.2, -0.15) is 0 Å². The lowest BCUT2D eigenvalue weighted by atomic mass is 9.94. The molecule has 17 heavy (non-hydrogen) atoms. The molecule has 0 aliphatic rings. The zero-order chi connectivity index (χ0) is 13.4. The molecule has 2 unspecified atom stereocenters. The van der Waals surface area contributed by atoms with Gasteiger partial charge in [0.2, 0.25) is 5.91 Å². The number of nitrogens with one attached hydrogen (secondary N) is 1. The summed E-state index contributed by atoms with van der Waals surface area (Å²) in [6, 6.07) is -0.336. The highest BCUT2D eigenvalue weighted by molar-refractivity contribution is 5.77. The minimum Gasteiger partial charge on any atom is -0.481 e. The van der Waals surface area contributed by atoms with Crippen LogP contribution in [0, 0.1) is 11.8 Å². The first-order valence-corrected chi connectivity index (χ1v) is 6.06.